The van der Waals surface area contributed by atoms with Gasteiger partial charge in [0.05, 0.1) is 12.3 Å². The third kappa shape index (κ3) is 4.30. The van der Waals surface area contributed by atoms with E-state index in [9.17, 15) is 0 Å². The van der Waals surface area contributed by atoms with E-state index in [-0.39, 0.29) is 0 Å². The number of hydrogen-bond donors (Lipinski definition) is 0. The predicted octanol–water partition coefficient (Wildman–Crippen LogP) is 7.16. The van der Waals surface area contributed by atoms with Crippen LogP contribution in [0.3, 0.4) is 0 Å². The van der Waals surface area contributed by atoms with Gasteiger partial charge in [-0.3, -0.25) is 0 Å². The lowest BCUT2D eigenvalue weighted by molar-refractivity contribution is 0.319. The molecule has 0 fully saturated rings. The van der Waals surface area contributed by atoms with E-state index < -0.39 is 0 Å². The Bertz CT molecular complexity index is 974. The Kier molecular flexibility index (Phi) is 6.26. The summed E-state index contributed by atoms with van der Waals surface area (Å²) in [4.78, 5) is 4.78. The summed E-state index contributed by atoms with van der Waals surface area (Å²) in [5, 5.41) is 0. The molecule has 0 radical (unpaired) electrons. The Morgan fingerprint density at radius 3 is 2.63 bits per heavy atom. The lowest BCUT2D eigenvalue weighted by atomic mass is 9.87. The third-order valence-corrected chi connectivity index (χ3v) is 6.45. The molecule has 1 aromatic heterocycles. The second kappa shape index (κ2) is 9.07. The molecule has 4 rings (SSSR count). The van der Waals surface area contributed by atoms with Gasteiger partial charge < -0.3 is 9.15 Å². The fourth-order valence-corrected chi connectivity index (χ4v) is 4.56. The number of nitrogens with zero attached hydrogens (tertiary/aromatic N) is 1. The largest absolute Gasteiger partial charge is 0.493 e. The van der Waals surface area contributed by atoms with Crippen molar-refractivity contribution in [2.75, 3.05) is 6.61 Å². The van der Waals surface area contributed by atoms with Crippen LogP contribution in [0.25, 0.3) is 11.5 Å². The minimum atomic E-state index is 0.294. The van der Waals surface area contributed by atoms with Crippen LogP contribution in [0.4, 0.5) is 0 Å². The molecule has 3 heteroatoms. The number of hydrogen-bond acceptors (Lipinski definition) is 3. The van der Waals surface area contributed by atoms with Crippen LogP contribution >= 0.6 is 0 Å². The van der Waals surface area contributed by atoms with Gasteiger partial charge in [0.15, 0.2) is 0 Å². The Hall–Kier alpha value is -2.55. The molecule has 158 valence electrons. The van der Waals surface area contributed by atoms with Crippen LogP contribution in [0.15, 0.2) is 52.9 Å². The van der Waals surface area contributed by atoms with Crippen molar-refractivity contribution in [2.45, 2.75) is 65.2 Å². The van der Waals surface area contributed by atoms with Crippen molar-refractivity contribution in [3.8, 4) is 17.2 Å². The summed E-state index contributed by atoms with van der Waals surface area (Å²) in [6.45, 7) is 9.56. The Balaban J connectivity index is 1.43. The van der Waals surface area contributed by atoms with E-state index in [1.54, 1.807) is 0 Å². The Morgan fingerprint density at radius 2 is 1.90 bits per heavy atom. The van der Waals surface area contributed by atoms with E-state index >= 15 is 0 Å². The van der Waals surface area contributed by atoms with Gasteiger partial charge in [-0.15, -0.1) is 0 Å². The molecule has 0 bridgehead atoms. The first-order valence-corrected chi connectivity index (χ1v) is 11.4. The summed E-state index contributed by atoms with van der Waals surface area (Å²) in [5.41, 5.74) is 5.01. The first kappa shape index (κ1) is 20.7. The maximum Gasteiger partial charge on any atom is 0.226 e. The van der Waals surface area contributed by atoms with Crippen LogP contribution in [0.2, 0.25) is 0 Å². The topological polar surface area (TPSA) is 35.3 Å². The van der Waals surface area contributed by atoms with Crippen molar-refractivity contribution >= 4 is 0 Å². The highest BCUT2D eigenvalue weighted by molar-refractivity contribution is 5.53. The van der Waals surface area contributed by atoms with E-state index in [0.717, 1.165) is 35.1 Å². The molecule has 0 aliphatic heterocycles. The van der Waals surface area contributed by atoms with E-state index in [4.69, 9.17) is 14.1 Å². The number of aryl methyl sites for hydroxylation is 1. The van der Waals surface area contributed by atoms with Crippen LogP contribution in [0, 0.1) is 5.92 Å². The molecule has 3 nitrogen and oxygen atoms in total. The number of ether oxygens (including phenoxy) is 1. The number of rotatable bonds is 8. The smallest absolute Gasteiger partial charge is 0.226 e. The monoisotopic (exact) mass is 403 g/mol. The predicted molar refractivity (Wildman–Crippen MR) is 122 cm³/mol. The van der Waals surface area contributed by atoms with Gasteiger partial charge in [-0.1, -0.05) is 58.4 Å². The van der Waals surface area contributed by atoms with Gasteiger partial charge in [-0.25, -0.2) is 4.98 Å². The summed E-state index contributed by atoms with van der Waals surface area (Å²) < 4.78 is 12.2. The molecule has 2 atom stereocenters. The first-order chi connectivity index (χ1) is 14.6. The molecule has 2 unspecified atom stereocenters. The van der Waals surface area contributed by atoms with Crippen LogP contribution in [0.1, 0.15) is 75.0 Å². The molecule has 30 heavy (non-hydrogen) atoms. The molecule has 3 aromatic rings. The average Bonchev–Trinajstić information content (AvgIpc) is 3.38. The summed E-state index contributed by atoms with van der Waals surface area (Å²) in [6, 6.07) is 16.8. The molecule has 1 aliphatic rings. The van der Waals surface area contributed by atoms with Crippen molar-refractivity contribution in [2.24, 2.45) is 5.92 Å². The van der Waals surface area contributed by atoms with Crippen molar-refractivity contribution in [1.29, 1.82) is 0 Å². The zero-order valence-corrected chi connectivity index (χ0v) is 18.7. The van der Waals surface area contributed by atoms with Gasteiger partial charge in [0, 0.05) is 17.9 Å². The molecule has 0 spiro atoms. The summed E-state index contributed by atoms with van der Waals surface area (Å²) in [7, 11) is 0. The summed E-state index contributed by atoms with van der Waals surface area (Å²) >= 11 is 0. The highest BCUT2D eigenvalue weighted by Crippen LogP contribution is 2.40. The van der Waals surface area contributed by atoms with Crippen LogP contribution in [-0.4, -0.2) is 11.6 Å². The molecular formula is C27H33NO2. The zero-order valence-electron chi connectivity index (χ0n) is 18.7. The lowest BCUT2D eigenvalue weighted by Crippen LogP contribution is -2.06. The normalized spacial score (nSPS) is 16.6. The minimum absolute atomic E-state index is 0.294. The maximum absolute atomic E-state index is 6.13. The molecule has 2 aromatic carbocycles. The number of oxazole rings is 1. The van der Waals surface area contributed by atoms with Gasteiger partial charge in [-0.2, -0.15) is 0 Å². The quantitative estimate of drug-likeness (QED) is 0.400. The average molecular weight is 404 g/mol. The summed E-state index contributed by atoms with van der Waals surface area (Å²) in [6.07, 6.45) is 4.43. The number of aromatic nitrogens is 1. The van der Waals surface area contributed by atoms with Crippen molar-refractivity contribution in [1.82, 2.24) is 4.98 Å². The van der Waals surface area contributed by atoms with Gasteiger partial charge in [0.1, 0.15) is 11.5 Å². The van der Waals surface area contributed by atoms with Crippen LogP contribution < -0.4 is 4.74 Å². The molecule has 0 N–H and O–H groups in total. The lowest BCUT2D eigenvalue weighted by Gasteiger charge is -2.18. The third-order valence-electron chi connectivity index (χ3n) is 6.45. The van der Waals surface area contributed by atoms with Crippen molar-refractivity contribution < 1.29 is 9.15 Å². The highest BCUT2D eigenvalue weighted by atomic mass is 16.5. The molecular weight excluding hydrogens is 370 g/mol. The van der Waals surface area contributed by atoms with Gasteiger partial charge in [0.2, 0.25) is 5.89 Å². The first-order valence-electron chi connectivity index (χ1n) is 11.4. The second-order valence-electron chi connectivity index (χ2n) is 8.84. The molecule has 0 amide bonds. The minimum Gasteiger partial charge on any atom is -0.493 e. The second-order valence-corrected chi connectivity index (χ2v) is 8.84. The Labute approximate surface area is 180 Å². The fraction of sp³-hybridized carbons (Fsp3) is 0.444. The highest BCUT2D eigenvalue weighted by Gasteiger charge is 2.26. The van der Waals surface area contributed by atoms with E-state index in [0.29, 0.717) is 24.3 Å². The van der Waals surface area contributed by atoms with E-state index in [2.05, 4.69) is 45.9 Å². The SMILES string of the molecule is CCC(C)C1CCc2cc(OCCc3nc(-c4ccccc4)oc3C(C)C)ccc21. The van der Waals surface area contributed by atoms with Gasteiger partial charge >= 0.3 is 0 Å². The van der Waals surface area contributed by atoms with Crippen LogP contribution in [-0.2, 0) is 12.8 Å². The molecule has 1 aliphatic carbocycles. The maximum atomic E-state index is 6.13. The number of benzene rings is 2. The van der Waals surface area contributed by atoms with E-state index in [1.165, 1.54) is 30.4 Å². The van der Waals surface area contributed by atoms with Crippen molar-refractivity contribution in [3.63, 3.8) is 0 Å². The van der Waals surface area contributed by atoms with Gasteiger partial charge in [0.25, 0.3) is 0 Å². The zero-order chi connectivity index (χ0) is 21.1. The summed E-state index contributed by atoms with van der Waals surface area (Å²) in [5.74, 6) is 4.38. The molecule has 0 saturated carbocycles. The van der Waals surface area contributed by atoms with Gasteiger partial charge in [-0.05, 0) is 60.1 Å². The fourth-order valence-electron chi connectivity index (χ4n) is 4.56. The Morgan fingerprint density at radius 1 is 1.10 bits per heavy atom. The van der Waals surface area contributed by atoms with E-state index in [1.807, 2.05) is 30.3 Å². The molecule has 1 heterocycles. The van der Waals surface area contributed by atoms with Crippen LogP contribution in [0.5, 0.6) is 5.75 Å². The standard InChI is InChI=1S/C27H33NO2/c1-5-19(4)23-13-11-21-17-22(12-14-24(21)23)29-16-15-25-26(18(2)3)30-27(28-25)20-9-7-6-8-10-20/h6-10,12,14,17-19,23H,5,11,13,15-16H2,1-4H3. The number of fused-ring (bicyclic) bond motifs is 1. The van der Waals surface area contributed by atoms with Crippen molar-refractivity contribution in [3.05, 3.63) is 71.1 Å². The molecule has 0 saturated heterocycles.